The van der Waals surface area contributed by atoms with Crippen molar-refractivity contribution < 1.29 is 17.1 Å². The summed E-state index contributed by atoms with van der Waals surface area (Å²) >= 11 is 0. The second-order valence-electron chi connectivity index (χ2n) is 13.3. The van der Waals surface area contributed by atoms with Gasteiger partial charge in [0.2, 0.25) is 0 Å². The Morgan fingerprint density at radius 2 is 1.80 bits per heavy atom. The molecule has 0 bridgehead atoms. The highest BCUT2D eigenvalue weighted by Gasteiger charge is 2.63. The van der Waals surface area contributed by atoms with Crippen molar-refractivity contribution in [2.75, 3.05) is 6.56 Å². The number of carbonyl (C=O) groups is 1. The maximum Gasteiger partial charge on any atom is 0.192 e. The number of fused-ring (bicyclic) bond motifs is 3. The lowest BCUT2D eigenvalue weighted by Gasteiger charge is -2.65. The van der Waals surface area contributed by atoms with Crippen LogP contribution >= 0.6 is 0 Å². The Morgan fingerprint density at radius 1 is 1.17 bits per heavy atom. The van der Waals surface area contributed by atoms with Gasteiger partial charge in [-0.1, -0.05) is 48.5 Å². The fourth-order valence-electron chi connectivity index (χ4n) is 7.68. The minimum Gasteiger partial charge on any atom is -0.414 e. The maximum atomic E-state index is 13.2. The molecular formula is C26H48O3Si. The molecule has 3 nitrogen and oxygen atoms in total. The molecular weight excluding hydrogens is 388 g/mol. The molecule has 174 valence electrons. The zero-order chi connectivity index (χ0) is 24.5. The number of hydrogen-bond donors (Lipinski definition) is 1. The summed E-state index contributed by atoms with van der Waals surface area (Å²) in [5.74, 6) is 2.56. The van der Waals surface area contributed by atoms with Crippen LogP contribution in [0.3, 0.4) is 0 Å². The van der Waals surface area contributed by atoms with Crippen molar-refractivity contribution >= 4 is 14.1 Å². The maximum absolute atomic E-state index is 13.2. The highest BCUT2D eigenvalue weighted by molar-refractivity contribution is 6.74. The zero-order valence-electron chi connectivity index (χ0n) is 23.0. The summed E-state index contributed by atoms with van der Waals surface area (Å²) in [5.41, 5.74) is -0.821. The standard InChI is InChI=1S/C26H48O3Si/c1-17-12-18(2)20-14-22(29-30(8,9)24(3,4)5)23-25(6,10-11-27)15-19(28)16-26(23,7)21(20)13-17/h17-18,20-23,27H,10-16H2,1-9H3/t17-,18+,20+,21+,22-,23+,25+,26-/m0/s1/i11D2. The number of Topliss-reactive ketones (excluding diaryl/α,β-unsaturated/α-hetero) is 1. The largest absolute Gasteiger partial charge is 0.414 e. The number of carbonyl (C=O) groups excluding carboxylic acids is 1. The van der Waals surface area contributed by atoms with E-state index in [0.717, 1.165) is 12.8 Å². The molecule has 30 heavy (non-hydrogen) atoms. The first-order chi connectivity index (χ1) is 14.3. The lowest BCUT2D eigenvalue weighted by Crippen LogP contribution is -2.64. The van der Waals surface area contributed by atoms with Gasteiger partial charge in [-0.15, -0.1) is 0 Å². The highest BCUT2D eigenvalue weighted by atomic mass is 28.4. The molecule has 0 amide bonds. The zero-order valence-corrected chi connectivity index (χ0v) is 22.0. The lowest BCUT2D eigenvalue weighted by atomic mass is 9.41. The first kappa shape index (κ1) is 21.6. The van der Waals surface area contributed by atoms with Crippen molar-refractivity contribution in [2.24, 2.45) is 40.4 Å². The normalized spacial score (nSPS) is 46.5. The van der Waals surface area contributed by atoms with Crippen LogP contribution in [0.25, 0.3) is 0 Å². The van der Waals surface area contributed by atoms with E-state index in [4.69, 9.17) is 7.17 Å². The average Bonchev–Trinajstić information content (AvgIpc) is 2.51. The first-order valence-electron chi connectivity index (χ1n) is 13.2. The topological polar surface area (TPSA) is 46.5 Å². The first-order valence-corrected chi connectivity index (χ1v) is 15.1. The lowest BCUT2D eigenvalue weighted by molar-refractivity contribution is -0.187. The SMILES string of the molecule is [2H]C([2H])(O)C[C@]1(C)CC(=O)C[C@@]2(C)[C@@H]3C[C@@H](C)C[C@@H](C)[C@H]3C[C@H](O[Si](C)(C)C(C)(C)C)[C@H]12. The predicted molar refractivity (Wildman–Crippen MR) is 127 cm³/mol. The third-order valence-corrected chi connectivity index (χ3v) is 14.3. The Bertz CT molecular complexity index is 728. The molecule has 3 saturated carbocycles. The van der Waals surface area contributed by atoms with Gasteiger partial charge >= 0.3 is 0 Å². The van der Waals surface area contributed by atoms with Gasteiger partial charge in [-0.2, -0.15) is 0 Å². The van der Waals surface area contributed by atoms with E-state index in [0.29, 0.717) is 36.5 Å². The molecule has 0 unspecified atom stereocenters. The van der Waals surface area contributed by atoms with E-state index in [1.165, 1.54) is 6.42 Å². The second-order valence-corrected chi connectivity index (χ2v) is 18.1. The fourth-order valence-corrected chi connectivity index (χ4v) is 9.03. The van der Waals surface area contributed by atoms with Crippen molar-refractivity contribution in [1.29, 1.82) is 0 Å². The van der Waals surface area contributed by atoms with Crippen LogP contribution in [0, 0.1) is 40.4 Å². The molecule has 0 aromatic heterocycles. The van der Waals surface area contributed by atoms with Crippen molar-refractivity contribution in [2.45, 2.75) is 111 Å². The molecule has 3 aliphatic rings. The van der Waals surface area contributed by atoms with Crippen LogP contribution < -0.4 is 0 Å². The monoisotopic (exact) mass is 438 g/mol. The Hall–Kier alpha value is -0.193. The minimum absolute atomic E-state index is 0.00808. The van der Waals surface area contributed by atoms with Crippen molar-refractivity contribution in [3.8, 4) is 0 Å². The summed E-state index contributed by atoms with van der Waals surface area (Å²) in [6.07, 6.45) is 4.30. The van der Waals surface area contributed by atoms with E-state index >= 15 is 0 Å². The van der Waals surface area contributed by atoms with Gasteiger partial charge in [0.05, 0.1) is 2.74 Å². The molecule has 0 radical (unpaired) electrons. The number of ketones is 1. The van der Waals surface area contributed by atoms with E-state index < -0.39 is 20.3 Å². The van der Waals surface area contributed by atoms with Gasteiger partial charge in [-0.3, -0.25) is 4.79 Å². The van der Waals surface area contributed by atoms with Crippen LogP contribution in [-0.2, 0) is 9.22 Å². The Labute approximate surface area is 189 Å². The van der Waals surface area contributed by atoms with Crippen molar-refractivity contribution in [1.82, 2.24) is 0 Å². The number of rotatable bonds is 4. The van der Waals surface area contributed by atoms with Crippen LogP contribution in [0.1, 0.15) is 89.7 Å². The second kappa shape index (κ2) is 7.99. The van der Waals surface area contributed by atoms with E-state index in [1.54, 1.807) is 0 Å². The molecule has 8 atom stereocenters. The van der Waals surface area contributed by atoms with Crippen LogP contribution in [-0.4, -0.2) is 31.9 Å². The summed E-state index contributed by atoms with van der Waals surface area (Å²) in [5, 5.41) is 10.3. The molecule has 3 aliphatic carbocycles. The molecule has 0 aliphatic heterocycles. The molecule has 0 aromatic carbocycles. The summed E-state index contributed by atoms with van der Waals surface area (Å²) in [6, 6.07) is 0. The summed E-state index contributed by atoms with van der Waals surface area (Å²) in [4.78, 5) is 13.2. The summed E-state index contributed by atoms with van der Waals surface area (Å²) < 4.78 is 23.2. The van der Waals surface area contributed by atoms with Crippen molar-refractivity contribution in [3.05, 3.63) is 0 Å². The predicted octanol–water partition coefficient (Wildman–Crippen LogP) is 6.45. The molecule has 0 spiro atoms. The van der Waals surface area contributed by atoms with E-state index in [1.807, 2.05) is 0 Å². The van der Waals surface area contributed by atoms with E-state index in [-0.39, 0.29) is 34.7 Å². The number of aliphatic hydroxyl groups is 1. The van der Waals surface area contributed by atoms with Crippen LogP contribution in [0.2, 0.25) is 18.1 Å². The van der Waals surface area contributed by atoms with Crippen molar-refractivity contribution in [3.63, 3.8) is 0 Å². The van der Waals surface area contributed by atoms with E-state index in [2.05, 4.69) is 61.6 Å². The van der Waals surface area contributed by atoms with E-state index in [9.17, 15) is 9.90 Å². The van der Waals surface area contributed by atoms with Gasteiger partial charge in [0.1, 0.15) is 5.78 Å². The molecule has 1 N–H and O–H groups in total. The highest BCUT2D eigenvalue weighted by Crippen LogP contribution is 2.66. The number of hydrogen-bond acceptors (Lipinski definition) is 3. The Balaban J connectivity index is 2.12. The van der Waals surface area contributed by atoms with Gasteiger partial charge in [0.15, 0.2) is 8.32 Å². The Morgan fingerprint density at radius 3 is 2.37 bits per heavy atom. The quantitative estimate of drug-likeness (QED) is 0.513. The van der Waals surface area contributed by atoms with Crippen LogP contribution in [0.4, 0.5) is 0 Å². The molecule has 0 aromatic rings. The molecule has 0 heterocycles. The molecule has 3 fully saturated rings. The summed E-state index contributed by atoms with van der Waals surface area (Å²) in [7, 11) is -2.07. The molecule has 0 saturated heterocycles. The van der Waals surface area contributed by atoms with Gasteiger partial charge in [0.25, 0.3) is 0 Å². The third kappa shape index (κ3) is 4.10. The van der Waals surface area contributed by atoms with Gasteiger partial charge in [-0.05, 0) is 84.2 Å². The van der Waals surface area contributed by atoms with Crippen LogP contribution in [0.15, 0.2) is 0 Å². The van der Waals surface area contributed by atoms with Gasteiger partial charge in [-0.25, -0.2) is 0 Å². The van der Waals surface area contributed by atoms with Gasteiger partial charge < -0.3 is 9.53 Å². The Kier molecular flexibility index (Phi) is 5.76. The molecule has 4 heteroatoms. The van der Waals surface area contributed by atoms with Crippen LogP contribution in [0.5, 0.6) is 0 Å². The van der Waals surface area contributed by atoms with Gasteiger partial charge in [0, 0.05) is 25.5 Å². The average molecular weight is 439 g/mol. The summed E-state index contributed by atoms with van der Waals surface area (Å²) in [6.45, 7) is 18.2. The fraction of sp³-hybridized carbons (Fsp3) is 0.962. The molecule has 3 rings (SSSR count). The third-order valence-electron chi connectivity index (χ3n) is 9.78. The smallest absolute Gasteiger partial charge is 0.192 e. The minimum atomic E-state index is -2.29.